The molecule has 2 N–H and O–H groups in total. The highest BCUT2D eigenvalue weighted by Crippen LogP contribution is 2.30. The molecule has 0 aliphatic carbocycles. The molecule has 0 radical (unpaired) electrons. The number of hydrogen-bond acceptors (Lipinski definition) is 7. The fourth-order valence-corrected chi connectivity index (χ4v) is 4.82. The Kier molecular flexibility index (Phi) is 6.57. The number of fused-ring (bicyclic) bond motifs is 2. The summed E-state index contributed by atoms with van der Waals surface area (Å²) in [6, 6.07) is 12.3. The summed E-state index contributed by atoms with van der Waals surface area (Å²) in [5.41, 5.74) is 2.96. The lowest BCUT2D eigenvalue weighted by Gasteiger charge is -2.28. The Hall–Kier alpha value is -2.94. The minimum Gasteiger partial charge on any atom is -0.497 e. The number of pyridine rings is 2. The van der Waals surface area contributed by atoms with E-state index in [1.54, 1.807) is 7.11 Å². The second kappa shape index (κ2) is 9.91. The predicted molar refractivity (Wildman–Crippen MR) is 131 cm³/mol. The molecule has 1 fully saturated rings. The molecule has 2 aromatic heterocycles. The predicted octanol–water partition coefficient (Wildman–Crippen LogP) is 4.03. The van der Waals surface area contributed by atoms with Crippen molar-refractivity contribution in [3.63, 3.8) is 0 Å². The van der Waals surface area contributed by atoms with Gasteiger partial charge in [-0.25, -0.2) is 4.98 Å². The third-order valence-electron chi connectivity index (χ3n) is 5.89. The van der Waals surface area contributed by atoms with Crippen LogP contribution in [0.15, 0.2) is 53.6 Å². The lowest BCUT2D eigenvalue weighted by atomic mass is 10.0. The Labute approximate surface area is 197 Å². The molecule has 1 amide bonds. The van der Waals surface area contributed by atoms with Gasteiger partial charge in [-0.05, 0) is 54.8 Å². The van der Waals surface area contributed by atoms with E-state index in [-0.39, 0.29) is 18.1 Å². The van der Waals surface area contributed by atoms with Gasteiger partial charge >= 0.3 is 0 Å². The summed E-state index contributed by atoms with van der Waals surface area (Å²) in [6.45, 7) is 1.30. The van der Waals surface area contributed by atoms with Gasteiger partial charge in [0.15, 0.2) is 0 Å². The second-order valence-electron chi connectivity index (χ2n) is 8.16. The molecule has 3 aromatic rings. The molecule has 7 nitrogen and oxygen atoms in total. The van der Waals surface area contributed by atoms with Gasteiger partial charge in [-0.3, -0.25) is 9.78 Å². The normalized spacial score (nSPS) is 20.6. The summed E-state index contributed by atoms with van der Waals surface area (Å²) in [6.07, 6.45) is 8.14. The van der Waals surface area contributed by atoms with Gasteiger partial charge < -0.3 is 20.1 Å². The number of hydrogen-bond donors (Lipinski definition) is 2. The van der Waals surface area contributed by atoms with Crippen molar-refractivity contribution in [1.29, 1.82) is 0 Å². The highest BCUT2D eigenvalue weighted by molar-refractivity contribution is 8.00. The minimum atomic E-state index is 0.00351. The number of methoxy groups -OCH3 is 1. The lowest BCUT2D eigenvalue weighted by molar-refractivity contribution is -0.113. The van der Waals surface area contributed by atoms with Gasteiger partial charge in [0.05, 0.1) is 41.7 Å². The standard InChI is InChI=1S/C25H26N4O3S/c1-31-20-7-8-22-21(12-20)16(10-11-26-22)2-5-19-6-3-18(14-32-19)27-13-17-4-9-23-25(28-17)29-24(30)15-33-23/h2,4-5,7-12,18-19,27H,3,6,13-15H2,1H3,(H,28,29,30)/b5-2+/t18-,19-/m1/s1. The number of anilines is 1. The number of amides is 1. The quantitative estimate of drug-likeness (QED) is 0.572. The Morgan fingerprint density at radius 1 is 1.27 bits per heavy atom. The third-order valence-corrected chi connectivity index (χ3v) is 6.94. The lowest BCUT2D eigenvalue weighted by Crippen LogP contribution is -2.39. The van der Waals surface area contributed by atoms with Gasteiger partial charge in [-0.1, -0.05) is 12.2 Å². The first kappa shape index (κ1) is 21.9. The molecule has 1 saturated heterocycles. The fraction of sp³-hybridized carbons (Fsp3) is 0.320. The molecule has 4 heterocycles. The van der Waals surface area contributed by atoms with E-state index in [1.165, 1.54) is 11.8 Å². The van der Waals surface area contributed by atoms with Crippen molar-refractivity contribution in [2.75, 3.05) is 24.8 Å². The Morgan fingerprint density at radius 2 is 2.21 bits per heavy atom. The topological polar surface area (TPSA) is 85.4 Å². The van der Waals surface area contributed by atoms with Crippen LogP contribution in [0.3, 0.4) is 0 Å². The number of thioether (sulfide) groups is 1. The molecule has 0 bridgehead atoms. The molecule has 0 spiro atoms. The number of ether oxygens (including phenoxy) is 2. The van der Waals surface area contributed by atoms with E-state index in [9.17, 15) is 4.79 Å². The molecular formula is C25H26N4O3S. The van der Waals surface area contributed by atoms with Crippen molar-refractivity contribution in [2.45, 2.75) is 36.4 Å². The molecule has 0 saturated carbocycles. The summed E-state index contributed by atoms with van der Waals surface area (Å²) < 4.78 is 11.5. The number of benzene rings is 1. The largest absolute Gasteiger partial charge is 0.497 e. The summed E-state index contributed by atoms with van der Waals surface area (Å²) in [5.74, 6) is 1.94. The first-order valence-electron chi connectivity index (χ1n) is 11.1. The zero-order valence-electron chi connectivity index (χ0n) is 18.4. The van der Waals surface area contributed by atoms with Crippen LogP contribution >= 0.6 is 11.8 Å². The molecule has 1 aromatic carbocycles. The molecule has 5 rings (SSSR count). The molecular weight excluding hydrogens is 436 g/mol. The third kappa shape index (κ3) is 5.19. The molecule has 2 aliphatic heterocycles. The summed E-state index contributed by atoms with van der Waals surface area (Å²) in [5, 5.41) is 7.45. The van der Waals surface area contributed by atoms with Gasteiger partial charge in [-0.15, -0.1) is 11.8 Å². The molecule has 8 heteroatoms. The average molecular weight is 463 g/mol. The van der Waals surface area contributed by atoms with Crippen LogP contribution in [0.2, 0.25) is 0 Å². The maximum Gasteiger partial charge on any atom is 0.235 e. The van der Waals surface area contributed by atoms with Crippen LogP contribution in [0.25, 0.3) is 17.0 Å². The van der Waals surface area contributed by atoms with E-state index < -0.39 is 0 Å². The Bertz CT molecular complexity index is 1190. The van der Waals surface area contributed by atoms with Crippen LogP contribution in [-0.4, -0.2) is 47.5 Å². The average Bonchev–Trinajstić information content (AvgIpc) is 2.86. The zero-order chi connectivity index (χ0) is 22.6. The van der Waals surface area contributed by atoms with Crippen LogP contribution in [0.4, 0.5) is 5.82 Å². The van der Waals surface area contributed by atoms with E-state index in [0.717, 1.165) is 45.6 Å². The van der Waals surface area contributed by atoms with Crippen molar-refractivity contribution in [2.24, 2.45) is 0 Å². The number of rotatable bonds is 6. The number of carbonyl (C=O) groups is 1. The van der Waals surface area contributed by atoms with Crippen LogP contribution < -0.4 is 15.4 Å². The minimum absolute atomic E-state index is 0.00351. The molecule has 170 valence electrons. The monoisotopic (exact) mass is 462 g/mol. The van der Waals surface area contributed by atoms with Gasteiger partial charge in [0.1, 0.15) is 11.6 Å². The van der Waals surface area contributed by atoms with Crippen molar-refractivity contribution < 1.29 is 14.3 Å². The van der Waals surface area contributed by atoms with Gasteiger partial charge in [-0.2, -0.15) is 0 Å². The summed E-state index contributed by atoms with van der Waals surface area (Å²) in [7, 11) is 1.67. The fourth-order valence-electron chi connectivity index (χ4n) is 4.07. The van der Waals surface area contributed by atoms with Crippen molar-refractivity contribution in [1.82, 2.24) is 15.3 Å². The van der Waals surface area contributed by atoms with E-state index in [1.807, 2.05) is 42.6 Å². The number of nitrogens with zero attached hydrogens (tertiary/aromatic N) is 2. The van der Waals surface area contributed by atoms with Crippen LogP contribution in [-0.2, 0) is 16.1 Å². The number of carbonyl (C=O) groups excluding carboxylic acids is 1. The first-order chi connectivity index (χ1) is 16.2. The molecule has 2 aliphatic rings. The van der Waals surface area contributed by atoms with Crippen LogP contribution in [0.5, 0.6) is 5.75 Å². The number of nitrogens with one attached hydrogen (secondary N) is 2. The van der Waals surface area contributed by atoms with E-state index in [0.29, 0.717) is 24.7 Å². The van der Waals surface area contributed by atoms with Gasteiger partial charge in [0.25, 0.3) is 0 Å². The van der Waals surface area contributed by atoms with Crippen molar-refractivity contribution >= 4 is 40.5 Å². The van der Waals surface area contributed by atoms with Crippen molar-refractivity contribution in [3.05, 3.63) is 59.9 Å². The van der Waals surface area contributed by atoms with Gasteiger partial charge in [0.2, 0.25) is 5.91 Å². The Morgan fingerprint density at radius 3 is 3.06 bits per heavy atom. The van der Waals surface area contributed by atoms with E-state index in [4.69, 9.17) is 9.47 Å². The Balaban J connectivity index is 1.15. The van der Waals surface area contributed by atoms with Crippen molar-refractivity contribution in [3.8, 4) is 5.75 Å². The zero-order valence-corrected chi connectivity index (χ0v) is 19.2. The second-order valence-corrected chi connectivity index (χ2v) is 9.17. The van der Waals surface area contributed by atoms with Crippen LogP contribution in [0.1, 0.15) is 24.1 Å². The number of aromatic nitrogens is 2. The maximum absolute atomic E-state index is 11.6. The molecule has 0 unspecified atom stereocenters. The highest BCUT2D eigenvalue weighted by Gasteiger charge is 2.21. The summed E-state index contributed by atoms with van der Waals surface area (Å²) >= 11 is 1.53. The van der Waals surface area contributed by atoms with E-state index in [2.05, 4.69) is 32.8 Å². The first-order valence-corrected chi connectivity index (χ1v) is 12.0. The highest BCUT2D eigenvalue weighted by atomic mass is 32.2. The summed E-state index contributed by atoms with van der Waals surface area (Å²) in [4.78, 5) is 21.6. The molecule has 2 atom stereocenters. The smallest absolute Gasteiger partial charge is 0.235 e. The van der Waals surface area contributed by atoms with E-state index >= 15 is 0 Å². The van der Waals surface area contributed by atoms with Crippen LogP contribution in [0, 0.1) is 0 Å². The molecule has 33 heavy (non-hydrogen) atoms. The van der Waals surface area contributed by atoms with Gasteiger partial charge in [0, 0.05) is 24.2 Å². The maximum atomic E-state index is 11.6. The SMILES string of the molecule is COc1ccc2nccc(/C=C/[C@@H]3CC[C@@H](NCc4ccc5c(n4)NC(=O)CS5)CO3)c2c1.